The number of rotatable bonds is 9. The Morgan fingerprint density at radius 2 is 2.14 bits per heavy atom. The number of carbonyl (C=O) groups is 1. The van der Waals surface area contributed by atoms with Gasteiger partial charge >= 0.3 is 0 Å². The number of hydrogen-bond donors (Lipinski definition) is 2. The van der Waals surface area contributed by atoms with Crippen molar-refractivity contribution in [3.05, 3.63) is 29.8 Å². The van der Waals surface area contributed by atoms with Crippen LogP contribution in [0, 0.1) is 0 Å². The Hall–Kier alpha value is -1.55. The molecule has 2 N–H and O–H groups in total. The van der Waals surface area contributed by atoms with E-state index in [9.17, 15) is 4.79 Å². The largest absolute Gasteiger partial charge is 0.483 e. The van der Waals surface area contributed by atoms with Crippen LogP contribution in [0.15, 0.2) is 24.3 Å². The molecule has 0 bridgehead atoms. The Bertz CT molecular complexity index is 458. The molecular formula is C17H26N2O2. The molecule has 1 atom stereocenters. The minimum absolute atomic E-state index is 0.0547. The van der Waals surface area contributed by atoms with Gasteiger partial charge in [-0.05, 0) is 32.3 Å². The van der Waals surface area contributed by atoms with Crippen molar-refractivity contribution in [2.75, 3.05) is 6.61 Å². The summed E-state index contributed by atoms with van der Waals surface area (Å²) >= 11 is 0. The van der Waals surface area contributed by atoms with Crippen molar-refractivity contribution < 1.29 is 9.53 Å². The lowest BCUT2D eigenvalue weighted by Crippen LogP contribution is -2.36. The molecule has 116 valence electrons. The van der Waals surface area contributed by atoms with E-state index in [1.807, 2.05) is 31.2 Å². The lowest BCUT2D eigenvalue weighted by Gasteiger charge is -2.15. The van der Waals surface area contributed by atoms with E-state index in [1.165, 1.54) is 12.8 Å². The molecule has 0 spiro atoms. The lowest BCUT2D eigenvalue weighted by molar-refractivity contribution is -0.123. The predicted octanol–water partition coefficient (Wildman–Crippen LogP) is 2.62. The van der Waals surface area contributed by atoms with Gasteiger partial charge in [-0.15, -0.1) is 0 Å². The molecule has 1 aliphatic rings. The van der Waals surface area contributed by atoms with Crippen LogP contribution in [0.4, 0.5) is 0 Å². The third-order valence-electron chi connectivity index (χ3n) is 3.62. The zero-order valence-corrected chi connectivity index (χ0v) is 13.0. The van der Waals surface area contributed by atoms with Crippen molar-refractivity contribution >= 4 is 5.91 Å². The van der Waals surface area contributed by atoms with E-state index in [1.54, 1.807) is 0 Å². The van der Waals surface area contributed by atoms with Crippen LogP contribution in [0.3, 0.4) is 0 Å². The monoisotopic (exact) mass is 290 g/mol. The molecule has 4 nitrogen and oxygen atoms in total. The van der Waals surface area contributed by atoms with E-state index in [0.717, 1.165) is 30.7 Å². The van der Waals surface area contributed by atoms with Crippen LogP contribution in [0.1, 0.15) is 45.1 Å². The zero-order chi connectivity index (χ0) is 15.1. The van der Waals surface area contributed by atoms with Gasteiger partial charge in [0.15, 0.2) is 6.61 Å². The number of para-hydroxylation sites is 1. The van der Waals surface area contributed by atoms with Gasteiger partial charge in [0.25, 0.3) is 5.91 Å². The fraction of sp³-hybridized carbons (Fsp3) is 0.588. The SMILES string of the molecule is CCCC(C)NC(=O)COc1ccccc1CNC1CC1. The molecule has 1 saturated carbocycles. The second kappa shape index (κ2) is 8.03. The van der Waals surface area contributed by atoms with Crippen LogP contribution < -0.4 is 15.4 Å². The average molecular weight is 290 g/mol. The molecule has 1 fully saturated rings. The van der Waals surface area contributed by atoms with Crippen LogP contribution in [0.2, 0.25) is 0 Å². The number of nitrogens with one attached hydrogen (secondary N) is 2. The van der Waals surface area contributed by atoms with Crippen LogP contribution in [-0.2, 0) is 11.3 Å². The van der Waals surface area contributed by atoms with Gasteiger partial charge < -0.3 is 15.4 Å². The molecule has 0 saturated heterocycles. The van der Waals surface area contributed by atoms with E-state index in [2.05, 4.69) is 17.6 Å². The molecule has 0 radical (unpaired) electrons. The normalized spacial score (nSPS) is 15.5. The van der Waals surface area contributed by atoms with Gasteiger partial charge in [-0.2, -0.15) is 0 Å². The fourth-order valence-corrected chi connectivity index (χ4v) is 2.30. The summed E-state index contributed by atoms with van der Waals surface area (Å²) in [5.74, 6) is 0.741. The summed E-state index contributed by atoms with van der Waals surface area (Å²) < 4.78 is 5.68. The Morgan fingerprint density at radius 1 is 1.38 bits per heavy atom. The molecule has 21 heavy (non-hydrogen) atoms. The highest BCUT2D eigenvalue weighted by Gasteiger charge is 2.20. The Morgan fingerprint density at radius 3 is 2.86 bits per heavy atom. The third-order valence-corrected chi connectivity index (χ3v) is 3.62. The first kappa shape index (κ1) is 15.8. The number of ether oxygens (including phenoxy) is 1. The molecule has 1 aromatic carbocycles. The van der Waals surface area contributed by atoms with E-state index in [4.69, 9.17) is 4.74 Å². The maximum atomic E-state index is 11.8. The Labute approximate surface area is 127 Å². The molecule has 1 aromatic rings. The van der Waals surface area contributed by atoms with Crippen LogP contribution in [0.25, 0.3) is 0 Å². The van der Waals surface area contributed by atoms with Crippen molar-refractivity contribution in [1.82, 2.24) is 10.6 Å². The van der Waals surface area contributed by atoms with Gasteiger partial charge in [-0.3, -0.25) is 4.79 Å². The molecule has 0 heterocycles. The van der Waals surface area contributed by atoms with Crippen molar-refractivity contribution in [3.8, 4) is 5.75 Å². The van der Waals surface area contributed by atoms with Crippen molar-refractivity contribution in [2.45, 2.75) is 58.2 Å². The quantitative estimate of drug-likeness (QED) is 0.735. The molecule has 4 heteroatoms. The Kier molecular flexibility index (Phi) is 6.05. The van der Waals surface area contributed by atoms with Crippen LogP contribution in [-0.4, -0.2) is 24.6 Å². The number of benzene rings is 1. The van der Waals surface area contributed by atoms with E-state index in [-0.39, 0.29) is 18.6 Å². The van der Waals surface area contributed by atoms with Crippen molar-refractivity contribution in [3.63, 3.8) is 0 Å². The van der Waals surface area contributed by atoms with Gasteiger partial charge in [-0.1, -0.05) is 31.5 Å². The molecule has 1 unspecified atom stereocenters. The summed E-state index contributed by atoms with van der Waals surface area (Å²) in [5, 5.41) is 6.42. The van der Waals surface area contributed by atoms with E-state index >= 15 is 0 Å². The number of hydrogen-bond acceptors (Lipinski definition) is 3. The van der Waals surface area contributed by atoms with Gasteiger partial charge in [0.1, 0.15) is 5.75 Å². The van der Waals surface area contributed by atoms with Gasteiger partial charge in [0.2, 0.25) is 0 Å². The minimum Gasteiger partial charge on any atom is -0.483 e. The van der Waals surface area contributed by atoms with E-state index < -0.39 is 0 Å². The summed E-state index contributed by atoms with van der Waals surface area (Å²) in [4.78, 5) is 11.8. The number of carbonyl (C=O) groups excluding carboxylic acids is 1. The van der Waals surface area contributed by atoms with Crippen molar-refractivity contribution in [1.29, 1.82) is 0 Å². The molecule has 0 aliphatic heterocycles. The maximum absolute atomic E-state index is 11.8. The predicted molar refractivity (Wildman–Crippen MR) is 84.3 cm³/mol. The first-order valence-electron chi connectivity index (χ1n) is 7.92. The highest BCUT2D eigenvalue weighted by atomic mass is 16.5. The second-order valence-corrected chi connectivity index (χ2v) is 5.81. The smallest absolute Gasteiger partial charge is 0.258 e. The topological polar surface area (TPSA) is 50.4 Å². The van der Waals surface area contributed by atoms with E-state index in [0.29, 0.717) is 6.04 Å². The minimum atomic E-state index is -0.0547. The zero-order valence-electron chi connectivity index (χ0n) is 13.0. The molecule has 2 rings (SSSR count). The highest BCUT2D eigenvalue weighted by molar-refractivity contribution is 5.77. The summed E-state index contributed by atoms with van der Waals surface area (Å²) in [6, 6.07) is 8.78. The first-order chi connectivity index (χ1) is 10.2. The molecule has 1 aliphatic carbocycles. The van der Waals surface area contributed by atoms with Crippen LogP contribution >= 0.6 is 0 Å². The highest BCUT2D eigenvalue weighted by Crippen LogP contribution is 2.22. The second-order valence-electron chi connectivity index (χ2n) is 5.81. The molecule has 0 aromatic heterocycles. The Balaban J connectivity index is 1.79. The summed E-state index contributed by atoms with van der Waals surface area (Å²) in [6.07, 6.45) is 4.59. The third kappa shape index (κ3) is 5.76. The molecule has 1 amide bonds. The van der Waals surface area contributed by atoms with Gasteiger partial charge in [0, 0.05) is 24.2 Å². The summed E-state index contributed by atoms with van der Waals surface area (Å²) in [5.41, 5.74) is 1.11. The lowest BCUT2D eigenvalue weighted by atomic mass is 10.2. The maximum Gasteiger partial charge on any atom is 0.258 e. The fourth-order valence-electron chi connectivity index (χ4n) is 2.30. The number of amides is 1. The van der Waals surface area contributed by atoms with Gasteiger partial charge in [-0.25, -0.2) is 0 Å². The first-order valence-corrected chi connectivity index (χ1v) is 7.92. The summed E-state index contributed by atoms with van der Waals surface area (Å²) in [6.45, 7) is 5.01. The van der Waals surface area contributed by atoms with Crippen molar-refractivity contribution in [2.24, 2.45) is 0 Å². The molecular weight excluding hydrogens is 264 g/mol. The standard InChI is InChI=1S/C17H26N2O2/c1-3-6-13(2)19-17(20)12-21-16-8-5-4-7-14(16)11-18-15-9-10-15/h4-5,7-8,13,15,18H,3,6,9-12H2,1-2H3,(H,19,20). The van der Waals surface area contributed by atoms with Gasteiger partial charge in [0.05, 0.1) is 0 Å². The average Bonchev–Trinajstić information content (AvgIpc) is 3.28. The van der Waals surface area contributed by atoms with Crippen LogP contribution in [0.5, 0.6) is 5.75 Å². The summed E-state index contributed by atoms with van der Waals surface area (Å²) in [7, 11) is 0.